The average molecular weight is 262 g/mol. The molecule has 2 fully saturated rings. The van der Waals surface area contributed by atoms with Crippen molar-refractivity contribution in [1.29, 1.82) is 0 Å². The van der Waals surface area contributed by atoms with E-state index in [1.807, 2.05) is 0 Å². The van der Waals surface area contributed by atoms with Gasteiger partial charge in [0.05, 0.1) is 0 Å². The highest BCUT2D eigenvalue weighted by atomic mass is 16.1. The van der Waals surface area contributed by atoms with Crippen LogP contribution >= 0.6 is 0 Å². The Balaban J connectivity index is 1.45. The lowest BCUT2D eigenvalue weighted by molar-refractivity contribution is -0.126. The third-order valence-electron chi connectivity index (χ3n) is 5.48. The molecule has 0 saturated heterocycles. The zero-order chi connectivity index (χ0) is 13.3. The number of nitrogens with two attached hydrogens (primary N) is 1. The van der Waals surface area contributed by atoms with Crippen LogP contribution in [0.3, 0.4) is 0 Å². The van der Waals surface area contributed by atoms with Gasteiger partial charge in [-0.3, -0.25) is 4.79 Å². The van der Waals surface area contributed by atoms with E-state index in [9.17, 15) is 4.79 Å². The van der Waals surface area contributed by atoms with Crippen molar-refractivity contribution >= 4 is 5.91 Å². The molecule has 0 bridgehead atoms. The third-order valence-corrected chi connectivity index (χ3v) is 5.48. The van der Waals surface area contributed by atoms with Gasteiger partial charge in [0.2, 0.25) is 5.91 Å². The van der Waals surface area contributed by atoms with Crippen LogP contribution in [0.1, 0.15) is 57.8 Å². The molecule has 0 heterocycles. The third kappa shape index (κ3) is 2.86. The summed E-state index contributed by atoms with van der Waals surface area (Å²) in [5.41, 5.74) is 6.48. The molecule has 3 nitrogen and oxygen atoms in total. The maximum Gasteiger partial charge on any atom is 0.223 e. The molecule has 0 radical (unpaired) electrons. The van der Waals surface area contributed by atoms with Crippen molar-refractivity contribution in [2.45, 2.75) is 69.9 Å². The van der Waals surface area contributed by atoms with E-state index in [2.05, 4.69) is 17.5 Å². The first-order valence-corrected chi connectivity index (χ1v) is 7.91. The van der Waals surface area contributed by atoms with Gasteiger partial charge in [0.15, 0.2) is 0 Å². The van der Waals surface area contributed by atoms with Crippen LogP contribution in [0.15, 0.2) is 12.2 Å². The molecule has 3 N–H and O–H groups in total. The van der Waals surface area contributed by atoms with Crippen LogP contribution in [0.25, 0.3) is 0 Å². The maximum absolute atomic E-state index is 12.3. The highest BCUT2D eigenvalue weighted by Gasteiger charge is 2.52. The number of allylic oxidation sites excluding steroid dienone is 2. The van der Waals surface area contributed by atoms with Crippen LogP contribution in [0.4, 0.5) is 0 Å². The van der Waals surface area contributed by atoms with Crippen LogP contribution in [-0.2, 0) is 4.79 Å². The normalized spacial score (nSPS) is 39.0. The van der Waals surface area contributed by atoms with Gasteiger partial charge in [-0.2, -0.15) is 0 Å². The van der Waals surface area contributed by atoms with Gasteiger partial charge in [0, 0.05) is 18.0 Å². The van der Waals surface area contributed by atoms with E-state index in [4.69, 9.17) is 5.73 Å². The van der Waals surface area contributed by atoms with E-state index in [0.717, 1.165) is 38.5 Å². The van der Waals surface area contributed by atoms with Crippen molar-refractivity contribution in [3.05, 3.63) is 12.2 Å². The Kier molecular flexibility index (Phi) is 3.66. The van der Waals surface area contributed by atoms with Gasteiger partial charge in [-0.1, -0.05) is 12.2 Å². The summed E-state index contributed by atoms with van der Waals surface area (Å²) in [7, 11) is 0. The second-order valence-corrected chi connectivity index (χ2v) is 6.78. The van der Waals surface area contributed by atoms with Gasteiger partial charge in [0.25, 0.3) is 0 Å². The molecule has 3 heteroatoms. The molecule has 3 aliphatic carbocycles. The highest BCUT2D eigenvalue weighted by molar-refractivity contribution is 5.79. The van der Waals surface area contributed by atoms with Gasteiger partial charge >= 0.3 is 0 Å². The lowest BCUT2D eigenvalue weighted by Crippen LogP contribution is -2.41. The van der Waals surface area contributed by atoms with E-state index in [1.165, 1.54) is 19.3 Å². The van der Waals surface area contributed by atoms with Crippen LogP contribution < -0.4 is 11.1 Å². The van der Waals surface area contributed by atoms with Gasteiger partial charge in [-0.25, -0.2) is 0 Å². The molecule has 1 spiro atoms. The summed E-state index contributed by atoms with van der Waals surface area (Å²) in [5.74, 6) is 0.527. The minimum absolute atomic E-state index is 0.231. The molecule has 0 aromatic carbocycles. The van der Waals surface area contributed by atoms with Crippen LogP contribution in [-0.4, -0.2) is 18.0 Å². The Hall–Kier alpha value is -0.830. The lowest BCUT2D eigenvalue weighted by atomic mass is 9.82. The predicted molar refractivity (Wildman–Crippen MR) is 76.5 cm³/mol. The fourth-order valence-corrected chi connectivity index (χ4v) is 3.85. The molecule has 3 rings (SSSR count). The number of nitrogens with one attached hydrogen (secondary N) is 1. The molecule has 1 unspecified atom stereocenters. The van der Waals surface area contributed by atoms with E-state index in [0.29, 0.717) is 23.4 Å². The van der Waals surface area contributed by atoms with Crippen molar-refractivity contribution in [1.82, 2.24) is 5.32 Å². The number of carbonyl (C=O) groups is 1. The first-order valence-electron chi connectivity index (χ1n) is 7.91. The van der Waals surface area contributed by atoms with Gasteiger partial charge < -0.3 is 11.1 Å². The first kappa shape index (κ1) is 13.2. The molecule has 0 aromatic rings. The molecule has 0 aliphatic heterocycles. The lowest BCUT2D eigenvalue weighted by Gasteiger charge is -2.30. The minimum atomic E-state index is 0.231. The molecular formula is C16H26N2O. The van der Waals surface area contributed by atoms with Crippen molar-refractivity contribution in [3.63, 3.8) is 0 Å². The van der Waals surface area contributed by atoms with E-state index in [1.54, 1.807) is 0 Å². The Morgan fingerprint density at radius 1 is 1.11 bits per heavy atom. The van der Waals surface area contributed by atoms with Crippen molar-refractivity contribution in [3.8, 4) is 0 Å². The van der Waals surface area contributed by atoms with E-state index >= 15 is 0 Å². The second kappa shape index (κ2) is 5.28. The zero-order valence-corrected chi connectivity index (χ0v) is 11.7. The molecule has 106 valence electrons. The van der Waals surface area contributed by atoms with Crippen molar-refractivity contribution in [2.75, 3.05) is 0 Å². The molecule has 0 aromatic heterocycles. The minimum Gasteiger partial charge on any atom is -0.353 e. The molecular weight excluding hydrogens is 236 g/mol. The van der Waals surface area contributed by atoms with Crippen molar-refractivity contribution in [2.24, 2.45) is 17.1 Å². The first-order chi connectivity index (χ1) is 9.20. The molecule has 1 amide bonds. The molecule has 2 saturated carbocycles. The Morgan fingerprint density at radius 3 is 2.21 bits per heavy atom. The summed E-state index contributed by atoms with van der Waals surface area (Å²) in [6.45, 7) is 0. The summed E-state index contributed by atoms with van der Waals surface area (Å²) in [4.78, 5) is 12.3. The van der Waals surface area contributed by atoms with Gasteiger partial charge in [-0.05, 0) is 63.2 Å². The Bertz CT molecular complexity index is 359. The zero-order valence-electron chi connectivity index (χ0n) is 11.7. The summed E-state index contributed by atoms with van der Waals surface area (Å²) in [5, 5.41) is 3.29. The SMILES string of the molecule is NC1CC12CCC(NC(=O)C1CCC=CCC1)CC2. The second-order valence-electron chi connectivity index (χ2n) is 6.78. The maximum atomic E-state index is 12.3. The van der Waals surface area contributed by atoms with Crippen molar-refractivity contribution < 1.29 is 4.79 Å². The van der Waals surface area contributed by atoms with Gasteiger partial charge in [-0.15, -0.1) is 0 Å². The van der Waals surface area contributed by atoms with Gasteiger partial charge in [0.1, 0.15) is 0 Å². The summed E-state index contributed by atoms with van der Waals surface area (Å²) < 4.78 is 0. The number of rotatable bonds is 2. The van der Waals surface area contributed by atoms with E-state index < -0.39 is 0 Å². The van der Waals surface area contributed by atoms with E-state index in [-0.39, 0.29) is 5.92 Å². The fourth-order valence-electron chi connectivity index (χ4n) is 3.85. The van der Waals surface area contributed by atoms with Crippen LogP contribution in [0, 0.1) is 11.3 Å². The largest absolute Gasteiger partial charge is 0.353 e. The Labute approximate surface area is 116 Å². The molecule has 1 atom stereocenters. The number of amides is 1. The standard InChI is InChI=1S/C16H26N2O/c17-14-11-16(14)9-7-13(8-10-16)18-15(19)12-5-3-1-2-4-6-12/h1-2,12-14H,3-11,17H2,(H,18,19). The molecule has 19 heavy (non-hydrogen) atoms. The quantitative estimate of drug-likeness (QED) is 0.751. The number of hydrogen-bond acceptors (Lipinski definition) is 2. The van der Waals surface area contributed by atoms with Crippen LogP contribution in [0.2, 0.25) is 0 Å². The molecule has 3 aliphatic rings. The number of carbonyl (C=O) groups excluding carboxylic acids is 1. The smallest absolute Gasteiger partial charge is 0.223 e. The summed E-state index contributed by atoms with van der Waals surface area (Å²) in [6, 6.07) is 0.847. The predicted octanol–water partition coefficient (Wildman–Crippen LogP) is 2.51. The van der Waals surface area contributed by atoms with Crippen LogP contribution in [0.5, 0.6) is 0 Å². The summed E-state index contributed by atoms with van der Waals surface area (Å²) >= 11 is 0. The highest BCUT2D eigenvalue weighted by Crippen LogP contribution is 2.55. The monoisotopic (exact) mass is 262 g/mol. The topological polar surface area (TPSA) is 55.1 Å². The fraction of sp³-hybridized carbons (Fsp3) is 0.812. The number of hydrogen-bond donors (Lipinski definition) is 2. The average Bonchev–Trinajstić information content (AvgIpc) is 3.11. The summed E-state index contributed by atoms with van der Waals surface area (Å²) in [6.07, 6.45) is 14.5. The Morgan fingerprint density at radius 2 is 1.68 bits per heavy atom.